The van der Waals surface area contributed by atoms with Crippen molar-refractivity contribution in [2.24, 2.45) is 11.7 Å². The summed E-state index contributed by atoms with van der Waals surface area (Å²) in [5, 5.41) is 0.197. The second-order valence-electron chi connectivity index (χ2n) is 5.12. The van der Waals surface area contributed by atoms with Crippen LogP contribution in [0, 0.1) is 11.7 Å². The van der Waals surface area contributed by atoms with Crippen LogP contribution in [0.5, 0.6) is 0 Å². The van der Waals surface area contributed by atoms with Crippen molar-refractivity contribution in [2.45, 2.75) is 31.8 Å². The van der Waals surface area contributed by atoms with E-state index in [1.54, 1.807) is 18.2 Å². The van der Waals surface area contributed by atoms with Gasteiger partial charge in [-0.05, 0) is 38.4 Å². The monoisotopic (exact) mass is 270 g/mol. The molecule has 2 atom stereocenters. The Morgan fingerprint density at radius 3 is 2.94 bits per heavy atom. The Morgan fingerprint density at radius 2 is 2.22 bits per heavy atom. The van der Waals surface area contributed by atoms with E-state index in [-0.39, 0.29) is 10.8 Å². The molecule has 1 aromatic rings. The van der Waals surface area contributed by atoms with Gasteiger partial charge in [-0.25, -0.2) is 4.39 Å². The van der Waals surface area contributed by atoms with Gasteiger partial charge in [-0.1, -0.05) is 30.2 Å². The molecular formula is C14H20ClFN2. The average Bonchev–Trinajstić information content (AvgIpc) is 2.83. The summed E-state index contributed by atoms with van der Waals surface area (Å²) in [5.74, 6) is 0.241. The lowest BCUT2D eigenvalue weighted by molar-refractivity contribution is 0.191. The second kappa shape index (κ2) is 6.00. The van der Waals surface area contributed by atoms with E-state index in [1.807, 2.05) is 7.05 Å². The molecule has 0 spiro atoms. The van der Waals surface area contributed by atoms with Crippen molar-refractivity contribution in [1.82, 2.24) is 4.90 Å². The molecule has 100 valence electrons. The van der Waals surface area contributed by atoms with Crippen LogP contribution in [0.25, 0.3) is 0 Å². The Labute approximate surface area is 113 Å². The van der Waals surface area contributed by atoms with Gasteiger partial charge in [-0.15, -0.1) is 0 Å². The van der Waals surface area contributed by atoms with E-state index in [9.17, 15) is 4.39 Å². The summed E-state index contributed by atoms with van der Waals surface area (Å²) in [5.41, 5.74) is 6.45. The predicted molar refractivity (Wildman–Crippen MR) is 73.1 cm³/mol. The Balaban J connectivity index is 2.06. The summed E-state index contributed by atoms with van der Waals surface area (Å²) in [7, 11) is 2.04. The average molecular weight is 271 g/mol. The van der Waals surface area contributed by atoms with Crippen LogP contribution in [-0.4, -0.2) is 24.5 Å². The van der Waals surface area contributed by atoms with Gasteiger partial charge in [0.15, 0.2) is 0 Å². The van der Waals surface area contributed by atoms with E-state index in [1.165, 1.54) is 12.8 Å². The molecule has 2 nitrogen and oxygen atoms in total. The summed E-state index contributed by atoms with van der Waals surface area (Å²) >= 11 is 5.80. The molecule has 1 fully saturated rings. The van der Waals surface area contributed by atoms with E-state index in [0.29, 0.717) is 30.6 Å². The lowest BCUT2D eigenvalue weighted by Crippen LogP contribution is -2.37. The molecule has 1 saturated carbocycles. The molecule has 2 N–H and O–H groups in total. The van der Waals surface area contributed by atoms with E-state index >= 15 is 0 Å². The standard InChI is InChI=1S/C14H20ClFN2/c1-18(13-7-3-4-10(13)8-17)9-11-5-2-6-12(15)14(11)16/h2,5-6,10,13H,3-4,7-9,17H2,1H3. The third-order valence-electron chi connectivity index (χ3n) is 3.94. The summed E-state index contributed by atoms with van der Waals surface area (Å²) in [4.78, 5) is 2.21. The van der Waals surface area contributed by atoms with Crippen molar-refractivity contribution in [3.05, 3.63) is 34.6 Å². The molecule has 0 heterocycles. The lowest BCUT2D eigenvalue weighted by Gasteiger charge is -2.29. The molecule has 1 aliphatic carbocycles. The highest BCUT2D eigenvalue weighted by atomic mass is 35.5. The minimum Gasteiger partial charge on any atom is -0.330 e. The zero-order chi connectivity index (χ0) is 13.1. The van der Waals surface area contributed by atoms with Crippen LogP contribution < -0.4 is 5.73 Å². The van der Waals surface area contributed by atoms with Gasteiger partial charge < -0.3 is 5.73 Å². The fourth-order valence-corrected chi connectivity index (χ4v) is 3.12. The summed E-state index contributed by atoms with van der Waals surface area (Å²) in [6, 6.07) is 5.64. The number of nitrogens with two attached hydrogens (primary N) is 1. The quantitative estimate of drug-likeness (QED) is 0.911. The van der Waals surface area contributed by atoms with E-state index < -0.39 is 0 Å². The summed E-state index contributed by atoms with van der Waals surface area (Å²) in [6.45, 7) is 1.31. The van der Waals surface area contributed by atoms with Gasteiger partial charge in [0.25, 0.3) is 0 Å². The molecule has 2 rings (SSSR count). The SMILES string of the molecule is CN(Cc1cccc(Cl)c1F)C1CCCC1CN. The zero-order valence-corrected chi connectivity index (χ0v) is 11.5. The number of hydrogen-bond acceptors (Lipinski definition) is 2. The zero-order valence-electron chi connectivity index (χ0n) is 10.7. The molecule has 1 aliphatic rings. The first-order valence-corrected chi connectivity index (χ1v) is 6.84. The number of halogens is 2. The maximum atomic E-state index is 13.8. The van der Waals surface area contributed by atoms with Crippen LogP contribution in [0.4, 0.5) is 4.39 Å². The van der Waals surface area contributed by atoms with Crippen molar-refractivity contribution >= 4 is 11.6 Å². The maximum absolute atomic E-state index is 13.8. The molecule has 2 unspecified atom stereocenters. The van der Waals surface area contributed by atoms with Gasteiger partial charge in [0.05, 0.1) is 5.02 Å². The van der Waals surface area contributed by atoms with Crippen molar-refractivity contribution in [2.75, 3.05) is 13.6 Å². The third-order valence-corrected chi connectivity index (χ3v) is 4.23. The molecular weight excluding hydrogens is 251 g/mol. The highest BCUT2D eigenvalue weighted by molar-refractivity contribution is 6.30. The molecule has 4 heteroatoms. The van der Waals surface area contributed by atoms with E-state index in [2.05, 4.69) is 4.90 Å². The Bertz CT molecular complexity index is 411. The van der Waals surface area contributed by atoms with Crippen LogP contribution in [0.1, 0.15) is 24.8 Å². The molecule has 1 aromatic carbocycles. The minimum absolute atomic E-state index is 0.197. The van der Waals surface area contributed by atoms with Crippen molar-refractivity contribution in [3.63, 3.8) is 0 Å². The van der Waals surface area contributed by atoms with E-state index in [4.69, 9.17) is 17.3 Å². The molecule has 0 amide bonds. The predicted octanol–water partition coefficient (Wildman–Crippen LogP) is 3.04. The highest BCUT2D eigenvalue weighted by Crippen LogP contribution is 2.30. The van der Waals surface area contributed by atoms with Crippen molar-refractivity contribution < 1.29 is 4.39 Å². The second-order valence-corrected chi connectivity index (χ2v) is 5.53. The van der Waals surface area contributed by atoms with Crippen LogP contribution in [0.15, 0.2) is 18.2 Å². The Kier molecular flexibility index (Phi) is 4.60. The fraction of sp³-hybridized carbons (Fsp3) is 0.571. The lowest BCUT2D eigenvalue weighted by atomic mass is 10.0. The minimum atomic E-state index is -0.298. The Hall–Kier alpha value is -0.640. The van der Waals surface area contributed by atoms with Crippen LogP contribution in [0.3, 0.4) is 0 Å². The van der Waals surface area contributed by atoms with Gasteiger partial charge in [0, 0.05) is 18.2 Å². The largest absolute Gasteiger partial charge is 0.330 e. The van der Waals surface area contributed by atoms with Gasteiger partial charge in [0.1, 0.15) is 5.82 Å². The summed E-state index contributed by atoms with van der Waals surface area (Å²) < 4.78 is 13.8. The van der Waals surface area contributed by atoms with Crippen LogP contribution in [-0.2, 0) is 6.54 Å². The highest BCUT2D eigenvalue weighted by Gasteiger charge is 2.29. The van der Waals surface area contributed by atoms with Gasteiger partial charge in [-0.2, -0.15) is 0 Å². The number of nitrogens with zero attached hydrogens (tertiary/aromatic N) is 1. The molecule has 0 aromatic heterocycles. The Morgan fingerprint density at radius 1 is 1.44 bits per heavy atom. The van der Waals surface area contributed by atoms with E-state index in [0.717, 1.165) is 6.42 Å². The number of hydrogen-bond donors (Lipinski definition) is 1. The topological polar surface area (TPSA) is 29.3 Å². The van der Waals surface area contributed by atoms with Crippen LogP contribution in [0.2, 0.25) is 5.02 Å². The molecule has 0 radical (unpaired) electrons. The first-order chi connectivity index (χ1) is 8.63. The van der Waals surface area contributed by atoms with Crippen molar-refractivity contribution in [3.8, 4) is 0 Å². The fourth-order valence-electron chi connectivity index (χ4n) is 2.93. The van der Waals surface area contributed by atoms with Gasteiger partial charge in [-0.3, -0.25) is 4.90 Å². The smallest absolute Gasteiger partial charge is 0.146 e. The first-order valence-electron chi connectivity index (χ1n) is 6.46. The van der Waals surface area contributed by atoms with Gasteiger partial charge >= 0.3 is 0 Å². The molecule has 0 bridgehead atoms. The van der Waals surface area contributed by atoms with Gasteiger partial charge in [0.2, 0.25) is 0 Å². The third kappa shape index (κ3) is 2.85. The molecule has 18 heavy (non-hydrogen) atoms. The molecule has 0 saturated heterocycles. The van der Waals surface area contributed by atoms with Crippen LogP contribution >= 0.6 is 11.6 Å². The van der Waals surface area contributed by atoms with Crippen molar-refractivity contribution in [1.29, 1.82) is 0 Å². The number of benzene rings is 1. The normalized spacial score (nSPS) is 23.8. The summed E-state index contributed by atoms with van der Waals surface area (Å²) in [6.07, 6.45) is 3.55. The molecule has 0 aliphatic heterocycles. The first kappa shape index (κ1) is 13.8. The number of rotatable bonds is 4. The maximum Gasteiger partial charge on any atom is 0.146 e.